The summed E-state index contributed by atoms with van der Waals surface area (Å²) >= 11 is 7.17. The second-order valence-corrected chi connectivity index (χ2v) is 8.28. The summed E-state index contributed by atoms with van der Waals surface area (Å²) in [4.78, 5) is 12.6. The first-order valence-corrected chi connectivity index (χ1v) is 9.52. The highest BCUT2D eigenvalue weighted by molar-refractivity contribution is 9.10. The van der Waals surface area contributed by atoms with E-state index in [4.69, 9.17) is 4.74 Å². The number of hydrogen-bond donors (Lipinski definition) is 0. The Morgan fingerprint density at radius 1 is 1.25 bits per heavy atom. The summed E-state index contributed by atoms with van der Waals surface area (Å²) in [6, 6.07) is 8.49. The Kier molecular flexibility index (Phi) is 6.78. The number of esters is 1. The van der Waals surface area contributed by atoms with Crippen LogP contribution in [0, 0.1) is 0 Å². The van der Waals surface area contributed by atoms with Crippen molar-refractivity contribution in [1.82, 2.24) is 0 Å². The van der Waals surface area contributed by atoms with Crippen LogP contribution in [-0.2, 0) is 9.53 Å². The van der Waals surface area contributed by atoms with Gasteiger partial charge in [-0.3, -0.25) is 4.79 Å². The summed E-state index contributed by atoms with van der Waals surface area (Å²) in [5.74, 6) is 0.353. The van der Waals surface area contributed by atoms with Gasteiger partial charge in [0.15, 0.2) is 0 Å². The highest BCUT2D eigenvalue weighted by Gasteiger charge is 2.27. The molecule has 0 saturated heterocycles. The summed E-state index contributed by atoms with van der Waals surface area (Å²) in [5, 5.41) is 1.15. The van der Waals surface area contributed by atoms with E-state index in [0.717, 1.165) is 4.47 Å². The molecule has 0 radical (unpaired) electrons. The van der Waals surface area contributed by atoms with Gasteiger partial charge in [0.25, 0.3) is 0 Å². The van der Waals surface area contributed by atoms with Crippen molar-refractivity contribution in [1.29, 1.82) is 0 Å². The van der Waals surface area contributed by atoms with Gasteiger partial charge in [-0.1, -0.05) is 28.8 Å². The number of thioether (sulfide) groups is 2. The van der Waals surface area contributed by atoms with Crippen LogP contribution in [-0.4, -0.2) is 29.3 Å². The van der Waals surface area contributed by atoms with Gasteiger partial charge < -0.3 is 4.74 Å². The molecule has 2 atom stereocenters. The molecule has 20 heavy (non-hydrogen) atoms. The summed E-state index contributed by atoms with van der Waals surface area (Å²) in [6.07, 6.45) is 5.01. The Balaban J connectivity index is 1.92. The van der Waals surface area contributed by atoms with E-state index in [1.807, 2.05) is 11.8 Å². The smallest absolute Gasteiger partial charge is 0.315 e. The van der Waals surface area contributed by atoms with E-state index in [-0.39, 0.29) is 5.97 Å². The van der Waals surface area contributed by atoms with E-state index >= 15 is 0 Å². The van der Waals surface area contributed by atoms with Crippen LogP contribution >= 0.6 is 39.5 Å². The topological polar surface area (TPSA) is 26.3 Å². The maximum absolute atomic E-state index is 11.3. The zero-order chi connectivity index (χ0) is 14.4. The van der Waals surface area contributed by atoms with Crippen molar-refractivity contribution in [2.24, 2.45) is 0 Å². The van der Waals surface area contributed by atoms with Crippen LogP contribution in [0.25, 0.3) is 0 Å². The maximum atomic E-state index is 11.3. The summed E-state index contributed by atoms with van der Waals surface area (Å²) < 4.78 is 5.85. The third kappa shape index (κ3) is 5.01. The van der Waals surface area contributed by atoms with Gasteiger partial charge in [-0.15, -0.1) is 23.5 Å². The highest BCUT2D eigenvalue weighted by atomic mass is 79.9. The number of halogens is 1. The first-order valence-electron chi connectivity index (χ1n) is 6.79. The van der Waals surface area contributed by atoms with Gasteiger partial charge in [0.05, 0.1) is 12.9 Å². The SMILES string of the molecule is COC(=O)CSC1CCCCC1Sc1ccc(Br)cc1. The lowest BCUT2D eigenvalue weighted by atomic mass is 10.00. The Morgan fingerprint density at radius 2 is 1.90 bits per heavy atom. The molecule has 0 bridgehead atoms. The Hall–Kier alpha value is -0.130. The average molecular weight is 375 g/mol. The fraction of sp³-hybridized carbons (Fsp3) is 0.533. The van der Waals surface area contributed by atoms with Crippen LogP contribution in [0.5, 0.6) is 0 Å². The van der Waals surface area contributed by atoms with Crippen LogP contribution in [0.2, 0.25) is 0 Å². The largest absolute Gasteiger partial charge is 0.468 e. The predicted octanol–water partition coefficient (Wildman–Crippen LogP) is 4.76. The zero-order valence-electron chi connectivity index (χ0n) is 11.5. The lowest BCUT2D eigenvalue weighted by molar-refractivity contribution is -0.137. The molecule has 0 spiro atoms. The molecule has 0 heterocycles. The average Bonchev–Trinajstić information content (AvgIpc) is 2.48. The molecule has 1 aliphatic carbocycles. The third-order valence-electron chi connectivity index (χ3n) is 3.39. The van der Waals surface area contributed by atoms with E-state index in [9.17, 15) is 4.79 Å². The Bertz CT molecular complexity index is 436. The number of benzene rings is 1. The first kappa shape index (κ1) is 16.2. The van der Waals surface area contributed by atoms with Gasteiger partial charge >= 0.3 is 5.97 Å². The number of rotatable bonds is 5. The second kappa shape index (κ2) is 8.35. The Morgan fingerprint density at radius 3 is 2.55 bits per heavy atom. The summed E-state index contributed by atoms with van der Waals surface area (Å²) in [6.45, 7) is 0. The minimum absolute atomic E-state index is 0.118. The van der Waals surface area contributed by atoms with Crippen molar-refractivity contribution in [2.45, 2.75) is 41.1 Å². The predicted molar refractivity (Wildman–Crippen MR) is 90.5 cm³/mol. The number of hydrogen-bond acceptors (Lipinski definition) is 4. The van der Waals surface area contributed by atoms with Crippen molar-refractivity contribution in [3.8, 4) is 0 Å². The molecule has 0 amide bonds. The molecule has 2 unspecified atom stereocenters. The molecule has 1 aliphatic rings. The molecule has 1 aromatic carbocycles. The van der Waals surface area contributed by atoms with Gasteiger partial charge in [-0.2, -0.15) is 0 Å². The molecule has 0 aromatic heterocycles. The van der Waals surface area contributed by atoms with Crippen molar-refractivity contribution < 1.29 is 9.53 Å². The van der Waals surface area contributed by atoms with Crippen molar-refractivity contribution >= 4 is 45.4 Å². The number of carbonyl (C=O) groups excluding carboxylic acids is 1. The molecular formula is C15H19BrO2S2. The molecular weight excluding hydrogens is 356 g/mol. The molecule has 5 heteroatoms. The number of ether oxygens (including phenoxy) is 1. The third-order valence-corrected chi connectivity index (χ3v) is 6.89. The number of methoxy groups -OCH3 is 1. The Labute approximate surface area is 137 Å². The lowest BCUT2D eigenvalue weighted by Crippen LogP contribution is -2.25. The van der Waals surface area contributed by atoms with E-state index in [0.29, 0.717) is 16.3 Å². The number of carbonyl (C=O) groups is 1. The first-order chi connectivity index (χ1) is 9.69. The van der Waals surface area contributed by atoms with Gasteiger partial charge in [-0.25, -0.2) is 0 Å². The fourth-order valence-corrected chi connectivity index (χ4v) is 5.34. The highest BCUT2D eigenvalue weighted by Crippen LogP contribution is 2.39. The van der Waals surface area contributed by atoms with Gasteiger partial charge in [0.1, 0.15) is 0 Å². The normalized spacial score (nSPS) is 22.5. The molecule has 0 N–H and O–H groups in total. The van der Waals surface area contributed by atoms with Crippen molar-refractivity contribution in [2.75, 3.05) is 12.9 Å². The standard InChI is InChI=1S/C15H19BrO2S2/c1-18-15(17)10-19-13-4-2-3-5-14(13)20-12-8-6-11(16)7-9-12/h6-9,13-14H,2-5,10H2,1H3. The molecule has 0 aliphatic heterocycles. The fourth-order valence-electron chi connectivity index (χ4n) is 2.31. The molecule has 1 saturated carbocycles. The van der Waals surface area contributed by atoms with Gasteiger partial charge in [0.2, 0.25) is 0 Å². The van der Waals surface area contributed by atoms with Gasteiger partial charge in [0, 0.05) is 19.9 Å². The van der Waals surface area contributed by atoms with Crippen LogP contribution < -0.4 is 0 Å². The minimum Gasteiger partial charge on any atom is -0.468 e. The van der Waals surface area contributed by atoms with Gasteiger partial charge in [-0.05, 0) is 37.1 Å². The summed E-state index contributed by atoms with van der Waals surface area (Å²) in [5.41, 5.74) is 0. The van der Waals surface area contributed by atoms with Crippen LogP contribution in [0.3, 0.4) is 0 Å². The van der Waals surface area contributed by atoms with E-state index < -0.39 is 0 Å². The molecule has 1 fully saturated rings. The second-order valence-electron chi connectivity index (χ2n) is 4.82. The van der Waals surface area contributed by atoms with Crippen molar-refractivity contribution in [3.63, 3.8) is 0 Å². The zero-order valence-corrected chi connectivity index (χ0v) is 14.7. The quantitative estimate of drug-likeness (QED) is 0.694. The van der Waals surface area contributed by atoms with Crippen LogP contribution in [0.4, 0.5) is 0 Å². The van der Waals surface area contributed by atoms with E-state index in [1.54, 1.807) is 11.8 Å². The lowest BCUT2D eigenvalue weighted by Gasteiger charge is -2.30. The van der Waals surface area contributed by atoms with E-state index in [1.165, 1.54) is 37.7 Å². The van der Waals surface area contributed by atoms with Crippen LogP contribution in [0.15, 0.2) is 33.6 Å². The maximum Gasteiger partial charge on any atom is 0.315 e. The van der Waals surface area contributed by atoms with E-state index in [2.05, 4.69) is 40.2 Å². The minimum atomic E-state index is -0.118. The monoisotopic (exact) mass is 374 g/mol. The molecule has 110 valence electrons. The molecule has 1 aromatic rings. The van der Waals surface area contributed by atoms with Crippen LogP contribution in [0.1, 0.15) is 25.7 Å². The molecule has 2 rings (SSSR count). The summed E-state index contributed by atoms with van der Waals surface area (Å²) in [7, 11) is 1.46. The molecule has 2 nitrogen and oxygen atoms in total. The van der Waals surface area contributed by atoms with Crippen molar-refractivity contribution in [3.05, 3.63) is 28.7 Å².